The summed E-state index contributed by atoms with van der Waals surface area (Å²) in [6.45, 7) is 2.70. The minimum atomic E-state index is -0.296. The van der Waals surface area contributed by atoms with Crippen molar-refractivity contribution in [3.8, 4) is 5.75 Å². The number of aromatic amines is 1. The number of likely N-dealkylation sites (N-methyl/N-ethyl adjacent to an activating group) is 1. The van der Waals surface area contributed by atoms with Crippen molar-refractivity contribution in [3.05, 3.63) is 41.2 Å². The number of pyridine rings is 1. The second-order valence-electron chi connectivity index (χ2n) is 6.06. The van der Waals surface area contributed by atoms with Crippen LogP contribution in [0, 0.1) is 0 Å². The summed E-state index contributed by atoms with van der Waals surface area (Å²) in [6, 6.07) is 5.15. The van der Waals surface area contributed by atoms with Crippen LogP contribution in [0.25, 0.3) is 11.0 Å². The summed E-state index contributed by atoms with van der Waals surface area (Å²) in [6.07, 6.45) is 3.21. The van der Waals surface area contributed by atoms with Crippen LogP contribution >= 0.6 is 11.6 Å². The lowest BCUT2D eigenvalue weighted by Crippen LogP contribution is -2.36. The van der Waals surface area contributed by atoms with Crippen LogP contribution < -0.4 is 15.0 Å². The number of benzene rings is 1. The van der Waals surface area contributed by atoms with Gasteiger partial charge in [-0.1, -0.05) is 11.6 Å². The highest BCUT2D eigenvalue weighted by Gasteiger charge is 2.27. The number of H-pyrrole nitrogens is 1. The molecule has 0 bridgehead atoms. The molecule has 8 heteroatoms. The summed E-state index contributed by atoms with van der Waals surface area (Å²) >= 11 is 6.22. The number of carbonyl (C=O) groups excluding carboxylic acids is 1. The predicted molar refractivity (Wildman–Crippen MR) is 96.7 cm³/mol. The average molecular weight is 358 g/mol. The first-order valence-electron chi connectivity index (χ1n) is 7.83. The largest absolute Gasteiger partial charge is 0.486 e. The van der Waals surface area contributed by atoms with Gasteiger partial charge in [-0.25, -0.2) is 4.98 Å². The summed E-state index contributed by atoms with van der Waals surface area (Å²) in [5.41, 5.74) is 2.43. The van der Waals surface area contributed by atoms with Crippen LogP contribution in [0.15, 0.2) is 30.6 Å². The molecular weight excluding hydrogens is 342 g/mol. The molecule has 0 fully saturated rings. The Hall–Kier alpha value is -2.80. The SMILES string of the molecule is CC1CN(C)c2cc(Cl)cc(C(=O)Nc3ccnc4[nH]ncc34)c2O1. The molecule has 0 spiro atoms. The molecule has 1 aliphatic heterocycles. The first-order valence-corrected chi connectivity index (χ1v) is 8.21. The van der Waals surface area contributed by atoms with E-state index < -0.39 is 0 Å². The third-order valence-electron chi connectivity index (χ3n) is 4.14. The number of amides is 1. The Labute approximate surface area is 148 Å². The van der Waals surface area contributed by atoms with E-state index in [1.54, 1.807) is 30.6 Å². The van der Waals surface area contributed by atoms with Gasteiger partial charge in [0.15, 0.2) is 11.4 Å². The number of nitrogens with zero attached hydrogens (tertiary/aromatic N) is 3. The number of hydrogen-bond acceptors (Lipinski definition) is 5. The Balaban J connectivity index is 1.74. The lowest BCUT2D eigenvalue weighted by Gasteiger charge is -2.33. The molecule has 1 unspecified atom stereocenters. The third kappa shape index (κ3) is 2.76. The molecule has 0 aliphatic carbocycles. The van der Waals surface area contributed by atoms with Crippen LogP contribution in [0.4, 0.5) is 11.4 Å². The lowest BCUT2D eigenvalue weighted by molar-refractivity contribution is 0.102. The van der Waals surface area contributed by atoms with E-state index >= 15 is 0 Å². The third-order valence-corrected chi connectivity index (χ3v) is 4.36. The summed E-state index contributed by atoms with van der Waals surface area (Å²) in [4.78, 5) is 19.1. The van der Waals surface area contributed by atoms with E-state index in [2.05, 4.69) is 20.5 Å². The van der Waals surface area contributed by atoms with Gasteiger partial charge in [0.05, 0.1) is 35.1 Å². The second-order valence-corrected chi connectivity index (χ2v) is 6.49. The molecule has 1 atom stereocenters. The van der Waals surface area contributed by atoms with Gasteiger partial charge in [-0.3, -0.25) is 9.89 Å². The summed E-state index contributed by atoms with van der Waals surface area (Å²) in [5, 5.41) is 10.8. The van der Waals surface area contributed by atoms with E-state index in [9.17, 15) is 4.79 Å². The van der Waals surface area contributed by atoms with Crippen LogP contribution in [0.1, 0.15) is 17.3 Å². The minimum Gasteiger partial charge on any atom is -0.486 e. The van der Waals surface area contributed by atoms with E-state index in [1.807, 2.05) is 18.9 Å². The highest BCUT2D eigenvalue weighted by atomic mass is 35.5. The van der Waals surface area contributed by atoms with Crippen molar-refractivity contribution in [1.82, 2.24) is 15.2 Å². The maximum absolute atomic E-state index is 12.9. The summed E-state index contributed by atoms with van der Waals surface area (Å²) < 4.78 is 5.93. The number of hydrogen-bond donors (Lipinski definition) is 2. The molecule has 4 rings (SSSR count). The van der Waals surface area contributed by atoms with Gasteiger partial charge in [-0.2, -0.15) is 5.10 Å². The zero-order chi connectivity index (χ0) is 17.6. The van der Waals surface area contributed by atoms with Crippen LogP contribution in [0.5, 0.6) is 5.75 Å². The zero-order valence-corrected chi connectivity index (χ0v) is 14.5. The van der Waals surface area contributed by atoms with Crippen molar-refractivity contribution in [2.45, 2.75) is 13.0 Å². The lowest BCUT2D eigenvalue weighted by atomic mass is 10.1. The van der Waals surface area contributed by atoms with Crippen molar-refractivity contribution in [2.75, 3.05) is 23.8 Å². The van der Waals surface area contributed by atoms with Crippen LogP contribution in [0.3, 0.4) is 0 Å². The van der Waals surface area contributed by atoms with Crippen molar-refractivity contribution in [2.24, 2.45) is 0 Å². The number of ether oxygens (including phenoxy) is 1. The van der Waals surface area contributed by atoms with Crippen molar-refractivity contribution < 1.29 is 9.53 Å². The monoisotopic (exact) mass is 357 g/mol. The van der Waals surface area contributed by atoms with Gasteiger partial charge < -0.3 is 15.0 Å². The average Bonchev–Trinajstić information content (AvgIpc) is 3.04. The minimum absolute atomic E-state index is 0.0215. The van der Waals surface area contributed by atoms with E-state index in [-0.39, 0.29) is 12.0 Å². The molecule has 25 heavy (non-hydrogen) atoms. The quantitative estimate of drug-likeness (QED) is 0.736. The maximum atomic E-state index is 12.9. The summed E-state index contributed by atoms with van der Waals surface area (Å²) in [5.74, 6) is 0.246. The van der Waals surface area contributed by atoms with Gasteiger partial charge in [-0.15, -0.1) is 0 Å². The van der Waals surface area contributed by atoms with Gasteiger partial charge in [0, 0.05) is 18.3 Å². The first-order chi connectivity index (χ1) is 12.0. The Morgan fingerprint density at radius 3 is 3.16 bits per heavy atom. The number of halogens is 1. The van der Waals surface area contributed by atoms with Crippen LogP contribution in [0.2, 0.25) is 5.02 Å². The molecule has 1 aromatic carbocycles. The van der Waals surface area contributed by atoms with E-state index in [1.165, 1.54) is 0 Å². The van der Waals surface area contributed by atoms with Crippen molar-refractivity contribution in [1.29, 1.82) is 0 Å². The van der Waals surface area contributed by atoms with Crippen LogP contribution in [-0.2, 0) is 0 Å². The number of aromatic nitrogens is 3. The highest BCUT2D eigenvalue weighted by Crippen LogP contribution is 2.39. The molecule has 0 saturated heterocycles. The molecular formula is C17H16ClN5O2. The normalized spacial score (nSPS) is 16.4. The van der Waals surface area contributed by atoms with E-state index in [4.69, 9.17) is 16.3 Å². The fraction of sp³-hybridized carbons (Fsp3) is 0.235. The molecule has 128 valence electrons. The standard InChI is InChI=1S/C17H16ClN5O2/c1-9-8-23(2)14-6-10(18)5-11(15(14)25-9)17(24)21-13-3-4-19-16-12(13)7-20-22-16/h3-7,9H,8H2,1-2H3,(H2,19,20,21,22,24). The molecule has 2 aromatic heterocycles. The fourth-order valence-electron chi connectivity index (χ4n) is 3.03. The Morgan fingerprint density at radius 1 is 1.48 bits per heavy atom. The molecule has 1 aliphatic rings. The number of anilines is 2. The topological polar surface area (TPSA) is 83.1 Å². The van der Waals surface area contributed by atoms with E-state index in [0.717, 1.165) is 17.6 Å². The Morgan fingerprint density at radius 2 is 2.32 bits per heavy atom. The highest BCUT2D eigenvalue weighted by molar-refractivity contribution is 6.31. The molecule has 3 aromatic rings. The molecule has 1 amide bonds. The molecule has 0 radical (unpaired) electrons. The van der Waals surface area contributed by atoms with Gasteiger partial charge >= 0.3 is 0 Å². The fourth-order valence-corrected chi connectivity index (χ4v) is 3.24. The van der Waals surface area contributed by atoms with Gasteiger partial charge in [0.1, 0.15) is 6.10 Å². The number of nitrogens with one attached hydrogen (secondary N) is 2. The van der Waals surface area contributed by atoms with Gasteiger partial charge in [0.25, 0.3) is 5.91 Å². The van der Waals surface area contributed by atoms with Crippen molar-refractivity contribution in [3.63, 3.8) is 0 Å². The number of fused-ring (bicyclic) bond motifs is 2. The van der Waals surface area contributed by atoms with Gasteiger partial charge in [0.2, 0.25) is 0 Å². The molecule has 0 saturated carbocycles. The number of rotatable bonds is 2. The van der Waals surface area contributed by atoms with Gasteiger partial charge in [-0.05, 0) is 25.1 Å². The molecule has 2 N–H and O–H groups in total. The predicted octanol–water partition coefficient (Wildman–Crippen LogP) is 3.08. The molecule has 7 nitrogen and oxygen atoms in total. The molecule has 3 heterocycles. The first kappa shape index (κ1) is 15.7. The Kier molecular flexibility index (Phi) is 3.73. The van der Waals surface area contributed by atoms with Crippen LogP contribution in [-0.4, -0.2) is 40.8 Å². The Bertz CT molecular complexity index is 971. The zero-order valence-electron chi connectivity index (χ0n) is 13.7. The summed E-state index contributed by atoms with van der Waals surface area (Å²) in [7, 11) is 1.95. The smallest absolute Gasteiger partial charge is 0.259 e. The van der Waals surface area contributed by atoms with Crippen molar-refractivity contribution >= 4 is 39.9 Å². The van der Waals surface area contributed by atoms with E-state index in [0.29, 0.717) is 27.7 Å². The maximum Gasteiger partial charge on any atom is 0.259 e. The second kappa shape index (κ2) is 5.93. The number of carbonyl (C=O) groups is 1.